The number of rotatable bonds is 7. The minimum Gasteiger partial charge on any atom is -0.496 e. The molecule has 43 heavy (non-hydrogen) atoms. The predicted octanol–water partition coefficient (Wildman–Crippen LogP) is 5.61. The Bertz CT molecular complexity index is 1590. The normalized spacial score (nSPS) is 19.0. The van der Waals surface area contributed by atoms with Gasteiger partial charge in [-0.15, -0.1) is 0 Å². The van der Waals surface area contributed by atoms with Gasteiger partial charge in [0.25, 0.3) is 0 Å². The summed E-state index contributed by atoms with van der Waals surface area (Å²) in [6.45, 7) is 4.27. The maximum Gasteiger partial charge on any atom is 0.239 e. The van der Waals surface area contributed by atoms with Crippen LogP contribution >= 0.6 is 0 Å². The lowest BCUT2D eigenvalue weighted by atomic mass is 9.73. The van der Waals surface area contributed by atoms with Gasteiger partial charge in [0.05, 0.1) is 45.3 Å². The fraction of sp³-hybridized carbons (Fsp3) is 0.371. The van der Waals surface area contributed by atoms with Crippen LogP contribution in [-0.4, -0.2) is 45.6 Å². The fourth-order valence-corrected chi connectivity index (χ4v) is 6.91. The van der Waals surface area contributed by atoms with Gasteiger partial charge < -0.3 is 29.7 Å². The van der Waals surface area contributed by atoms with E-state index in [0.29, 0.717) is 35.7 Å². The molecule has 0 fully saturated rings. The molecule has 6 rings (SSSR count). The van der Waals surface area contributed by atoms with Gasteiger partial charge in [0.1, 0.15) is 5.75 Å². The lowest BCUT2D eigenvalue weighted by Crippen LogP contribution is -2.45. The lowest BCUT2D eigenvalue weighted by Gasteiger charge is -2.38. The van der Waals surface area contributed by atoms with Crippen LogP contribution in [0.2, 0.25) is 0 Å². The molecule has 0 saturated heterocycles. The van der Waals surface area contributed by atoms with Crippen molar-refractivity contribution in [2.75, 3.05) is 38.1 Å². The van der Waals surface area contributed by atoms with Crippen molar-refractivity contribution in [2.45, 2.75) is 51.6 Å². The average Bonchev–Trinajstić information content (AvgIpc) is 3.33. The van der Waals surface area contributed by atoms with Gasteiger partial charge >= 0.3 is 0 Å². The summed E-state index contributed by atoms with van der Waals surface area (Å²) in [4.78, 5) is 30.0. The van der Waals surface area contributed by atoms with Crippen LogP contribution in [0, 0.1) is 5.41 Å². The summed E-state index contributed by atoms with van der Waals surface area (Å²) in [6.07, 6.45) is 2.69. The Kier molecular flexibility index (Phi) is 7.54. The van der Waals surface area contributed by atoms with Gasteiger partial charge in [0, 0.05) is 35.4 Å². The van der Waals surface area contributed by atoms with Gasteiger partial charge in [-0.3, -0.25) is 9.59 Å². The fourth-order valence-electron chi connectivity index (χ4n) is 6.91. The molecule has 1 atom stereocenters. The molecule has 1 aliphatic heterocycles. The quantitative estimate of drug-likeness (QED) is 0.375. The molecule has 3 aromatic rings. The topological polar surface area (TPSA) is 89.1 Å². The van der Waals surface area contributed by atoms with E-state index in [1.807, 2.05) is 47.4 Å². The number of hydrogen-bond acceptors (Lipinski definition) is 7. The van der Waals surface area contributed by atoms with Crippen molar-refractivity contribution < 1.29 is 23.8 Å². The number of anilines is 2. The van der Waals surface area contributed by atoms with Crippen LogP contribution in [0.3, 0.4) is 0 Å². The number of fused-ring (bicyclic) bond motifs is 2. The highest BCUT2D eigenvalue weighted by Gasteiger charge is 2.43. The third kappa shape index (κ3) is 5.42. The number of allylic oxidation sites excluding steroid dienone is 1. The number of hydrogen-bond donors (Lipinski definition) is 2. The van der Waals surface area contributed by atoms with Gasteiger partial charge in [0.2, 0.25) is 5.91 Å². The highest BCUT2D eigenvalue weighted by atomic mass is 16.5. The summed E-state index contributed by atoms with van der Waals surface area (Å²) >= 11 is 0. The van der Waals surface area contributed by atoms with Gasteiger partial charge in [-0.1, -0.05) is 50.2 Å². The molecule has 1 unspecified atom stereocenters. The van der Waals surface area contributed by atoms with Crippen molar-refractivity contribution in [3.8, 4) is 17.2 Å². The molecule has 1 amide bonds. The predicted molar refractivity (Wildman–Crippen MR) is 167 cm³/mol. The summed E-state index contributed by atoms with van der Waals surface area (Å²) in [5.41, 5.74) is 6.24. The Morgan fingerprint density at radius 1 is 0.907 bits per heavy atom. The molecule has 3 aromatic carbocycles. The number of Topliss-reactive ketones (excluding diaryl/α,β-unsaturated/α-hetero) is 1. The zero-order chi connectivity index (χ0) is 30.3. The number of ketones is 1. The molecule has 3 aliphatic rings. The monoisotopic (exact) mass is 581 g/mol. The van der Waals surface area contributed by atoms with Gasteiger partial charge in [-0.05, 0) is 54.0 Å². The van der Waals surface area contributed by atoms with E-state index in [4.69, 9.17) is 14.2 Å². The Hall–Kier alpha value is -4.46. The molecular weight excluding hydrogens is 542 g/mol. The summed E-state index contributed by atoms with van der Waals surface area (Å²) in [5, 5.41) is 6.90. The SMILES string of the molecule is COc1cc(OC)c(C2C3=C(CC(C)(C)CC3=O)Nc3ccccc3N2CC(=O)NC2Cc3ccccc3C2)cc1OC. The van der Waals surface area contributed by atoms with Crippen LogP contribution in [0.15, 0.2) is 71.9 Å². The highest BCUT2D eigenvalue weighted by molar-refractivity contribution is 6.02. The smallest absolute Gasteiger partial charge is 0.239 e. The van der Waals surface area contributed by atoms with E-state index >= 15 is 0 Å². The first kappa shape index (κ1) is 28.6. The summed E-state index contributed by atoms with van der Waals surface area (Å²) in [6, 6.07) is 19.3. The van der Waals surface area contributed by atoms with E-state index in [1.54, 1.807) is 27.4 Å². The second-order valence-corrected chi connectivity index (χ2v) is 12.4. The molecule has 2 N–H and O–H groups in total. The largest absolute Gasteiger partial charge is 0.496 e. The first-order chi connectivity index (χ1) is 20.7. The van der Waals surface area contributed by atoms with Crippen molar-refractivity contribution in [3.63, 3.8) is 0 Å². The van der Waals surface area contributed by atoms with Crippen molar-refractivity contribution >= 4 is 23.1 Å². The number of benzene rings is 3. The highest BCUT2D eigenvalue weighted by Crippen LogP contribution is 2.51. The third-order valence-electron chi connectivity index (χ3n) is 8.76. The molecule has 0 saturated carbocycles. The Balaban J connectivity index is 1.47. The molecule has 0 aromatic heterocycles. The molecule has 224 valence electrons. The first-order valence-corrected chi connectivity index (χ1v) is 14.8. The molecule has 8 heteroatoms. The zero-order valence-corrected chi connectivity index (χ0v) is 25.5. The zero-order valence-electron chi connectivity index (χ0n) is 25.5. The number of carbonyl (C=O) groups excluding carboxylic acids is 2. The molecule has 1 heterocycles. The van der Waals surface area contributed by atoms with Crippen LogP contribution in [-0.2, 0) is 22.4 Å². The van der Waals surface area contributed by atoms with Crippen LogP contribution in [0.5, 0.6) is 17.2 Å². The van der Waals surface area contributed by atoms with E-state index in [9.17, 15) is 9.59 Å². The van der Waals surface area contributed by atoms with Crippen molar-refractivity contribution in [3.05, 3.63) is 88.6 Å². The summed E-state index contributed by atoms with van der Waals surface area (Å²) in [5.74, 6) is 1.52. The molecule has 0 spiro atoms. The van der Waals surface area contributed by atoms with Crippen LogP contribution in [0.4, 0.5) is 11.4 Å². The second-order valence-electron chi connectivity index (χ2n) is 12.4. The molecule has 2 aliphatic carbocycles. The van der Waals surface area contributed by atoms with E-state index < -0.39 is 6.04 Å². The second kappa shape index (κ2) is 11.3. The number of amides is 1. The Morgan fingerprint density at radius 2 is 1.53 bits per heavy atom. The average molecular weight is 582 g/mol. The van der Waals surface area contributed by atoms with Crippen molar-refractivity contribution in [2.24, 2.45) is 5.41 Å². The number of para-hydroxylation sites is 2. The first-order valence-electron chi connectivity index (χ1n) is 14.8. The molecule has 8 nitrogen and oxygen atoms in total. The van der Waals surface area contributed by atoms with Crippen LogP contribution < -0.4 is 29.7 Å². The molecule has 0 bridgehead atoms. The summed E-state index contributed by atoms with van der Waals surface area (Å²) in [7, 11) is 4.76. The lowest BCUT2D eigenvalue weighted by molar-refractivity contribution is -0.121. The Labute approximate surface area is 253 Å². The van der Waals surface area contributed by atoms with E-state index in [-0.39, 0.29) is 29.7 Å². The van der Waals surface area contributed by atoms with Crippen LogP contribution in [0.1, 0.15) is 49.4 Å². The molecule has 0 radical (unpaired) electrons. The van der Waals surface area contributed by atoms with Gasteiger partial charge in [-0.2, -0.15) is 0 Å². The molecular formula is C35H39N3O5. The van der Waals surface area contributed by atoms with Crippen molar-refractivity contribution in [1.82, 2.24) is 5.32 Å². The minimum absolute atomic E-state index is 0.0196. The van der Waals surface area contributed by atoms with E-state index in [2.05, 4.69) is 36.6 Å². The number of ether oxygens (including phenoxy) is 3. The van der Waals surface area contributed by atoms with Gasteiger partial charge in [-0.25, -0.2) is 0 Å². The maximum atomic E-state index is 14.1. The minimum atomic E-state index is -0.615. The number of methoxy groups -OCH3 is 3. The number of carbonyl (C=O) groups is 2. The van der Waals surface area contributed by atoms with Crippen LogP contribution in [0.25, 0.3) is 0 Å². The van der Waals surface area contributed by atoms with Crippen molar-refractivity contribution in [1.29, 1.82) is 0 Å². The number of nitrogens with zero attached hydrogens (tertiary/aromatic N) is 1. The van der Waals surface area contributed by atoms with E-state index in [1.165, 1.54) is 11.1 Å². The van der Waals surface area contributed by atoms with E-state index in [0.717, 1.165) is 35.5 Å². The van der Waals surface area contributed by atoms with Gasteiger partial charge in [0.15, 0.2) is 17.3 Å². The standard InChI is InChI=1S/C35H39N3O5/c1-35(2)18-26-33(28(39)19-35)34(24-16-30(42-4)31(43-5)17-29(24)41-3)38(27-13-9-8-12-25(27)37-26)20-32(40)36-23-14-21-10-6-7-11-22(21)15-23/h6-13,16-17,23,34,37H,14-15,18-20H2,1-5H3,(H,36,40). The Morgan fingerprint density at radius 3 is 2.21 bits per heavy atom. The maximum absolute atomic E-state index is 14.1. The third-order valence-corrected chi connectivity index (χ3v) is 8.76. The number of nitrogens with one attached hydrogen (secondary N) is 2. The summed E-state index contributed by atoms with van der Waals surface area (Å²) < 4.78 is 17.2.